The summed E-state index contributed by atoms with van der Waals surface area (Å²) in [5.74, 6) is 0.200. The number of pyridine rings is 2. The van der Waals surface area contributed by atoms with Crippen molar-refractivity contribution < 1.29 is 9.59 Å². The lowest BCUT2D eigenvalue weighted by molar-refractivity contribution is 0.101. The van der Waals surface area contributed by atoms with Gasteiger partial charge in [0.1, 0.15) is 5.82 Å². The van der Waals surface area contributed by atoms with Gasteiger partial charge in [0.05, 0.1) is 21.8 Å². The number of amides is 2. The maximum absolute atomic E-state index is 12.7. The quantitative estimate of drug-likeness (QED) is 0.531. The molecule has 0 bridgehead atoms. The molecule has 1 aliphatic rings. The van der Waals surface area contributed by atoms with E-state index in [0.29, 0.717) is 39.6 Å². The highest BCUT2D eigenvalue weighted by atomic mass is 35.5. The van der Waals surface area contributed by atoms with Gasteiger partial charge < -0.3 is 20.9 Å². The molecular formula is C24H25ClN6O2. The van der Waals surface area contributed by atoms with Crippen LogP contribution in [0, 0.1) is 0 Å². The van der Waals surface area contributed by atoms with Crippen molar-refractivity contribution in [3.05, 3.63) is 77.2 Å². The summed E-state index contributed by atoms with van der Waals surface area (Å²) in [5, 5.41) is 9.42. The number of halogens is 1. The Morgan fingerprint density at radius 3 is 2.39 bits per heavy atom. The fraction of sp³-hybridized carbons (Fsp3) is 0.250. The molecule has 9 heteroatoms. The highest BCUT2D eigenvalue weighted by molar-refractivity contribution is 6.34. The number of rotatable bonds is 5. The van der Waals surface area contributed by atoms with Crippen LogP contribution in [0.4, 0.5) is 17.2 Å². The molecule has 8 nitrogen and oxygen atoms in total. The summed E-state index contributed by atoms with van der Waals surface area (Å²) in [7, 11) is 0. The van der Waals surface area contributed by atoms with Crippen LogP contribution < -0.4 is 20.9 Å². The second-order valence-corrected chi connectivity index (χ2v) is 8.53. The van der Waals surface area contributed by atoms with E-state index >= 15 is 0 Å². The van der Waals surface area contributed by atoms with Crippen LogP contribution in [0.5, 0.6) is 0 Å². The number of piperazine rings is 1. The number of nitrogens with zero attached hydrogens (tertiary/aromatic N) is 3. The number of aromatic nitrogens is 2. The number of benzene rings is 1. The molecular weight excluding hydrogens is 440 g/mol. The SMILES string of the molecule is CC1CN(c2ccc(C(=O)Nc3ccc(Cl)c(NC(=O)c4cccnc4)c3)cn2)CC(C)N1. The molecule has 2 unspecified atom stereocenters. The third-order valence-corrected chi connectivity index (χ3v) is 5.62. The average molecular weight is 465 g/mol. The lowest BCUT2D eigenvalue weighted by Gasteiger charge is -2.36. The van der Waals surface area contributed by atoms with Crippen LogP contribution in [0.3, 0.4) is 0 Å². The van der Waals surface area contributed by atoms with Gasteiger partial charge in [-0.3, -0.25) is 14.6 Å². The Morgan fingerprint density at radius 2 is 1.73 bits per heavy atom. The van der Waals surface area contributed by atoms with Gasteiger partial charge in [-0.2, -0.15) is 0 Å². The van der Waals surface area contributed by atoms with Crippen LogP contribution >= 0.6 is 11.6 Å². The highest BCUT2D eigenvalue weighted by Crippen LogP contribution is 2.26. The van der Waals surface area contributed by atoms with Crippen LogP contribution in [0.15, 0.2) is 61.1 Å². The van der Waals surface area contributed by atoms with E-state index in [-0.39, 0.29) is 11.8 Å². The lowest BCUT2D eigenvalue weighted by Crippen LogP contribution is -2.54. The topological polar surface area (TPSA) is 99.3 Å². The molecule has 2 amide bonds. The summed E-state index contributed by atoms with van der Waals surface area (Å²) in [4.78, 5) is 35.8. The number of hydrogen-bond acceptors (Lipinski definition) is 6. The van der Waals surface area contributed by atoms with Crippen molar-refractivity contribution in [2.45, 2.75) is 25.9 Å². The highest BCUT2D eigenvalue weighted by Gasteiger charge is 2.22. The number of anilines is 3. The molecule has 0 spiro atoms. The molecule has 2 atom stereocenters. The van der Waals surface area contributed by atoms with Crippen LogP contribution in [-0.2, 0) is 0 Å². The normalized spacial score (nSPS) is 18.0. The van der Waals surface area contributed by atoms with Crippen molar-refractivity contribution >= 4 is 40.6 Å². The van der Waals surface area contributed by atoms with E-state index in [9.17, 15) is 9.59 Å². The van der Waals surface area contributed by atoms with Gasteiger partial charge in [-0.25, -0.2) is 4.98 Å². The number of hydrogen-bond donors (Lipinski definition) is 3. The van der Waals surface area contributed by atoms with Gasteiger partial charge in [-0.05, 0) is 56.3 Å². The zero-order chi connectivity index (χ0) is 23.4. The molecule has 3 heterocycles. The maximum Gasteiger partial charge on any atom is 0.257 e. The van der Waals surface area contributed by atoms with Crippen molar-refractivity contribution in [3.63, 3.8) is 0 Å². The van der Waals surface area contributed by atoms with Gasteiger partial charge in [0.25, 0.3) is 11.8 Å². The molecule has 1 aliphatic heterocycles. The van der Waals surface area contributed by atoms with Crippen molar-refractivity contribution in [2.24, 2.45) is 0 Å². The van der Waals surface area contributed by atoms with Gasteiger partial charge in [0.2, 0.25) is 0 Å². The summed E-state index contributed by atoms with van der Waals surface area (Å²) in [5.41, 5.74) is 1.73. The molecule has 3 aromatic rings. The Balaban J connectivity index is 1.43. The number of nitrogens with one attached hydrogen (secondary N) is 3. The van der Waals surface area contributed by atoms with Gasteiger partial charge >= 0.3 is 0 Å². The molecule has 1 fully saturated rings. The minimum absolute atomic E-state index is 0.303. The van der Waals surface area contributed by atoms with E-state index in [0.717, 1.165) is 18.9 Å². The smallest absolute Gasteiger partial charge is 0.257 e. The minimum atomic E-state index is -0.343. The Morgan fingerprint density at radius 1 is 1.00 bits per heavy atom. The van der Waals surface area contributed by atoms with Gasteiger partial charge in [0.15, 0.2) is 0 Å². The molecule has 1 saturated heterocycles. The summed E-state index contributed by atoms with van der Waals surface area (Å²) in [6, 6.07) is 12.6. The number of carbonyl (C=O) groups excluding carboxylic acids is 2. The third kappa shape index (κ3) is 5.66. The monoisotopic (exact) mass is 464 g/mol. The van der Waals surface area contributed by atoms with Crippen LogP contribution in [-0.4, -0.2) is 47.0 Å². The Bertz CT molecular complexity index is 1130. The molecule has 3 N–H and O–H groups in total. The Labute approximate surface area is 197 Å². The first-order valence-corrected chi connectivity index (χ1v) is 11.1. The fourth-order valence-corrected chi connectivity index (χ4v) is 3.98. The standard InChI is InChI=1S/C24H25ClN6O2/c1-15-13-31(14-16(2)28-15)22-8-5-18(12-27-22)23(32)29-19-6-7-20(25)21(10-19)30-24(33)17-4-3-9-26-11-17/h3-12,15-16,28H,13-14H2,1-2H3,(H,29,32)(H,30,33). The Hall–Kier alpha value is -3.49. The van der Waals surface area contributed by atoms with E-state index in [1.54, 1.807) is 48.8 Å². The molecule has 170 valence electrons. The minimum Gasteiger partial charge on any atom is -0.354 e. The average Bonchev–Trinajstić information content (AvgIpc) is 2.81. The third-order valence-electron chi connectivity index (χ3n) is 5.29. The molecule has 4 rings (SSSR count). The second kappa shape index (κ2) is 9.97. The second-order valence-electron chi connectivity index (χ2n) is 8.12. The Kier molecular flexibility index (Phi) is 6.86. The zero-order valence-corrected chi connectivity index (χ0v) is 19.1. The van der Waals surface area contributed by atoms with Crippen LogP contribution in [0.1, 0.15) is 34.6 Å². The number of carbonyl (C=O) groups is 2. The van der Waals surface area contributed by atoms with Crippen molar-refractivity contribution in [3.8, 4) is 0 Å². The van der Waals surface area contributed by atoms with Crippen LogP contribution in [0.2, 0.25) is 5.02 Å². The first-order valence-electron chi connectivity index (χ1n) is 10.7. The van der Waals surface area contributed by atoms with Gasteiger partial charge in [0, 0.05) is 49.5 Å². The van der Waals surface area contributed by atoms with Crippen molar-refractivity contribution in [2.75, 3.05) is 28.6 Å². The summed E-state index contributed by atoms with van der Waals surface area (Å²) in [6.45, 7) is 6.01. The molecule has 0 saturated carbocycles. The van der Waals surface area contributed by atoms with E-state index in [2.05, 4.69) is 44.7 Å². The van der Waals surface area contributed by atoms with Crippen molar-refractivity contribution in [1.29, 1.82) is 0 Å². The summed E-state index contributed by atoms with van der Waals surface area (Å²) in [6.07, 6.45) is 4.63. The predicted octanol–water partition coefficient (Wildman–Crippen LogP) is 3.82. The summed E-state index contributed by atoms with van der Waals surface area (Å²) >= 11 is 6.23. The fourth-order valence-electron chi connectivity index (χ4n) is 3.81. The first kappa shape index (κ1) is 22.7. The predicted molar refractivity (Wildman–Crippen MR) is 130 cm³/mol. The van der Waals surface area contributed by atoms with Crippen LogP contribution in [0.25, 0.3) is 0 Å². The largest absolute Gasteiger partial charge is 0.354 e. The summed E-state index contributed by atoms with van der Waals surface area (Å²) < 4.78 is 0. The maximum atomic E-state index is 12.7. The van der Waals surface area contributed by atoms with Crippen molar-refractivity contribution in [1.82, 2.24) is 15.3 Å². The van der Waals surface area contributed by atoms with E-state index in [1.807, 2.05) is 6.07 Å². The lowest BCUT2D eigenvalue weighted by atomic mass is 10.1. The molecule has 0 aliphatic carbocycles. The van der Waals surface area contributed by atoms with E-state index in [1.165, 1.54) is 6.20 Å². The first-order chi connectivity index (χ1) is 15.9. The molecule has 0 radical (unpaired) electrons. The zero-order valence-electron chi connectivity index (χ0n) is 18.4. The van der Waals surface area contributed by atoms with Gasteiger partial charge in [-0.1, -0.05) is 11.6 Å². The molecule has 2 aromatic heterocycles. The molecule has 1 aromatic carbocycles. The van der Waals surface area contributed by atoms with E-state index < -0.39 is 0 Å². The molecule has 33 heavy (non-hydrogen) atoms. The van der Waals surface area contributed by atoms with E-state index in [4.69, 9.17) is 11.6 Å². The van der Waals surface area contributed by atoms with Gasteiger partial charge in [-0.15, -0.1) is 0 Å².